The summed E-state index contributed by atoms with van der Waals surface area (Å²) in [5.41, 5.74) is 1.08. The molecule has 0 aliphatic rings. The summed E-state index contributed by atoms with van der Waals surface area (Å²) >= 11 is 0. The molecule has 0 aliphatic carbocycles. The third-order valence-corrected chi connectivity index (χ3v) is 2.58. The van der Waals surface area contributed by atoms with Gasteiger partial charge in [-0.05, 0) is 36.2 Å². The first-order valence-corrected chi connectivity index (χ1v) is 5.29. The maximum Gasteiger partial charge on any atom is 0.167 e. The molecule has 0 aromatic heterocycles. The quantitative estimate of drug-likeness (QED) is 0.784. The molecule has 0 radical (unpaired) electrons. The Labute approximate surface area is 94.8 Å². The lowest BCUT2D eigenvalue weighted by atomic mass is 10.0. The van der Waals surface area contributed by atoms with Crippen LogP contribution in [0.2, 0.25) is 0 Å². The molecule has 0 saturated carbocycles. The van der Waals surface area contributed by atoms with Gasteiger partial charge in [-0.3, -0.25) is 4.79 Å². The van der Waals surface area contributed by atoms with Gasteiger partial charge in [-0.25, -0.2) is 0 Å². The minimum atomic E-state index is 0.0348. The van der Waals surface area contributed by atoms with Gasteiger partial charge in [-0.2, -0.15) is 0 Å². The Kier molecular flexibility index (Phi) is 2.91. The van der Waals surface area contributed by atoms with E-state index in [0.29, 0.717) is 0 Å². The van der Waals surface area contributed by atoms with Gasteiger partial charge < -0.3 is 4.74 Å². The molecule has 82 valence electrons. The molecular formula is C14H14O2. The number of ketones is 1. The van der Waals surface area contributed by atoms with Crippen molar-refractivity contribution in [3.63, 3.8) is 0 Å². The molecule has 0 fully saturated rings. The maximum atomic E-state index is 10.9. The second kappa shape index (κ2) is 4.35. The van der Waals surface area contributed by atoms with E-state index in [1.807, 2.05) is 31.2 Å². The number of hydrogen-bond donors (Lipinski definition) is 0. The van der Waals surface area contributed by atoms with Gasteiger partial charge in [0, 0.05) is 0 Å². The smallest absolute Gasteiger partial charge is 0.167 e. The van der Waals surface area contributed by atoms with Gasteiger partial charge in [-0.15, -0.1) is 0 Å². The van der Waals surface area contributed by atoms with E-state index in [9.17, 15) is 4.79 Å². The Hall–Kier alpha value is -1.83. The highest BCUT2D eigenvalue weighted by molar-refractivity contribution is 5.87. The second-order valence-corrected chi connectivity index (χ2v) is 3.90. The molecule has 16 heavy (non-hydrogen) atoms. The number of carbonyl (C=O) groups is 1. The van der Waals surface area contributed by atoms with Gasteiger partial charge in [0.15, 0.2) is 5.78 Å². The lowest BCUT2D eigenvalue weighted by Crippen LogP contribution is -2.07. The zero-order valence-corrected chi connectivity index (χ0v) is 9.49. The van der Waals surface area contributed by atoms with Crippen molar-refractivity contribution in [1.29, 1.82) is 0 Å². The largest absolute Gasteiger partial charge is 0.486 e. The number of rotatable bonds is 3. The van der Waals surface area contributed by atoms with E-state index < -0.39 is 0 Å². The number of Topliss-reactive ketones (excluding diaryl/α,β-unsaturated/α-hetero) is 1. The molecule has 0 atom stereocenters. The van der Waals surface area contributed by atoms with Crippen LogP contribution in [0.3, 0.4) is 0 Å². The number of benzene rings is 2. The summed E-state index contributed by atoms with van der Waals surface area (Å²) in [6.07, 6.45) is 0. The summed E-state index contributed by atoms with van der Waals surface area (Å²) in [5.74, 6) is 0.821. The van der Waals surface area contributed by atoms with Crippen LogP contribution < -0.4 is 4.74 Å². The first-order chi connectivity index (χ1) is 7.68. The molecule has 0 amide bonds. The van der Waals surface area contributed by atoms with Crippen LogP contribution in [0.15, 0.2) is 36.4 Å². The molecule has 0 N–H and O–H groups in total. The fourth-order valence-electron chi connectivity index (χ4n) is 1.74. The predicted octanol–water partition coefficient (Wildman–Crippen LogP) is 3.12. The van der Waals surface area contributed by atoms with Gasteiger partial charge in [0.2, 0.25) is 0 Å². The fraction of sp³-hybridized carbons (Fsp3) is 0.214. The highest BCUT2D eigenvalue weighted by atomic mass is 16.5. The Morgan fingerprint density at radius 2 is 1.94 bits per heavy atom. The van der Waals surface area contributed by atoms with Crippen molar-refractivity contribution in [1.82, 2.24) is 0 Å². The lowest BCUT2D eigenvalue weighted by Gasteiger charge is -2.09. The van der Waals surface area contributed by atoms with Crippen molar-refractivity contribution in [3.8, 4) is 5.75 Å². The number of aryl methyl sites for hydroxylation is 1. The monoisotopic (exact) mass is 214 g/mol. The molecule has 2 nitrogen and oxygen atoms in total. The minimum absolute atomic E-state index is 0.0348. The molecule has 0 saturated heterocycles. The molecule has 0 heterocycles. The Morgan fingerprint density at radius 1 is 1.19 bits per heavy atom. The van der Waals surface area contributed by atoms with Gasteiger partial charge in [0.25, 0.3) is 0 Å². The Balaban J connectivity index is 2.40. The van der Waals surface area contributed by atoms with E-state index in [2.05, 4.69) is 12.1 Å². The lowest BCUT2D eigenvalue weighted by molar-refractivity contribution is -0.118. The van der Waals surface area contributed by atoms with E-state index >= 15 is 0 Å². The van der Waals surface area contributed by atoms with Crippen LogP contribution in [0.5, 0.6) is 5.75 Å². The van der Waals surface area contributed by atoms with Gasteiger partial charge in [0.1, 0.15) is 12.4 Å². The normalized spacial score (nSPS) is 10.4. The van der Waals surface area contributed by atoms with Gasteiger partial charge in [-0.1, -0.05) is 30.3 Å². The second-order valence-electron chi connectivity index (χ2n) is 3.90. The minimum Gasteiger partial charge on any atom is -0.486 e. The fourth-order valence-corrected chi connectivity index (χ4v) is 1.74. The summed E-state index contributed by atoms with van der Waals surface area (Å²) in [7, 11) is 0. The number of ether oxygens (including phenoxy) is 1. The molecule has 0 unspecified atom stereocenters. The average Bonchev–Trinajstić information content (AvgIpc) is 2.28. The third kappa shape index (κ3) is 2.06. The summed E-state index contributed by atoms with van der Waals surface area (Å²) in [4.78, 5) is 10.9. The number of fused-ring (bicyclic) bond motifs is 1. The zero-order chi connectivity index (χ0) is 11.5. The maximum absolute atomic E-state index is 10.9. The van der Waals surface area contributed by atoms with Gasteiger partial charge >= 0.3 is 0 Å². The molecule has 2 aromatic carbocycles. The molecule has 0 bridgehead atoms. The zero-order valence-electron chi connectivity index (χ0n) is 9.49. The first kappa shape index (κ1) is 10.7. The van der Waals surface area contributed by atoms with E-state index in [4.69, 9.17) is 4.74 Å². The molecule has 0 spiro atoms. The van der Waals surface area contributed by atoms with Crippen LogP contribution in [0.4, 0.5) is 0 Å². The molecular weight excluding hydrogens is 200 g/mol. The van der Waals surface area contributed by atoms with Crippen LogP contribution >= 0.6 is 0 Å². The van der Waals surface area contributed by atoms with Crippen LogP contribution in [0.25, 0.3) is 10.8 Å². The summed E-state index contributed by atoms with van der Waals surface area (Å²) in [6.45, 7) is 3.67. The topological polar surface area (TPSA) is 26.3 Å². The van der Waals surface area contributed by atoms with Crippen molar-refractivity contribution in [2.45, 2.75) is 13.8 Å². The van der Waals surface area contributed by atoms with E-state index in [0.717, 1.165) is 11.3 Å². The summed E-state index contributed by atoms with van der Waals surface area (Å²) in [6, 6.07) is 12.1. The van der Waals surface area contributed by atoms with Crippen molar-refractivity contribution < 1.29 is 9.53 Å². The Morgan fingerprint density at radius 3 is 2.69 bits per heavy atom. The van der Waals surface area contributed by atoms with Crippen molar-refractivity contribution in [3.05, 3.63) is 42.0 Å². The summed E-state index contributed by atoms with van der Waals surface area (Å²) in [5, 5.41) is 2.36. The van der Waals surface area contributed by atoms with E-state index in [1.54, 1.807) is 0 Å². The van der Waals surface area contributed by atoms with Crippen molar-refractivity contribution in [2.24, 2.45) is 0 Å². The van der Waals surface area contributed by atoms with E-state index in [-0.39, 0.29) is 12.4 Å². The first-order valence-electron chi connectivity index (χ1n) is 5.29. The summed E-state index contributed by atoms with van der Waals surface area (Å²) < 4.78 is 5.46. The molecule has 0 aliphatic heterocycles. The standard InChI is InChI=1S/C14H14O2/c1-10(15)9-16-14-8-7-12-5-3-4-6-13(12)11(14)2/h3-8H,9H2,1-2H3. The number of carbonyl (C=O) groups excluding carboxylic acids is 1. The average molecular weight is 214 g/mol. The SMILES string of the molecule is CC(=O)COc1ccc2ccccc2c1C. The van der Waals surface area contributed by atoms with Crippen LogP contribution in [-0.2, 0) is 4.79 Å². The van der Waals surface area contributed by atoms with Crippen LogP contribution in [0, 0.1) is 6.92 Å². The molecule has 2 aromatic rings. The third-order valence-electron chi connectivity index (χ3n) is 2.58. The molecule has 2 heteroatoms. The predicted molar refractivity (Wildman–Crippen MR) is 64.9 cm³/mol. The highest BCUT2D eigenvalue weighted by Gasteiger charge is 2.04. The molecule has 2 rings (SSSR count). The number of hydrogen-bond acceptors (Lipinski definition) is 2. The van der Waals surface area contributed by atoms with Crippen molar-refractivity contribution >= 4 is 16.6 Å². The highest BCUT2D eigenvalue weighted by Crippen LogP contribution is 2.26. The van der Waals surface area contributed by atoms with E-state index in [1.165, 1.54) is 17.7 Å². The van der Waals surface area contributed by atoms with Crippen LogP contribution in [-0.4, -0.2) is 12.4 Å². The van der Waals surface area contributed by atoms with Crippen molar-refractivity contribution in [2.75, 3.05) is 6.61 Å². The van der Waals surface area contributed by atoms with Crippen LogP contribution in [0.1, 0.15) is 12.5 Å². The Bertz CT molecular complexity index is 529. The van der Waals surface area contributed by atoms with Gasteiger partial charge in [0.05, 0.1) is 0 Å².